The monoisotopic (exact) mass is 387 g/mol. The van der Waals surface area contributed by atoms with E-state index in [2.05, 4.69) is 27.8 Å². The fraction of sp³-hybridized carbons (Fsp3) is 0.550. The molecule has 2 fully saturated rings. The van der Waals surface area contributed by atoms with Gasteiger partial charge >= 0.3 is 0 Å². The Morgan fingerprint density at radius 3 is 2.67 bits per heavy atom. The van der Waals surface area contributed by atoms with Gasteiger partial charge in [0.15, 0.2) is 0 Å². The van der Waals surface area contributed by atoms with Crippen LogP contribution in [0.1, 0.15) is 37.3 Å². The Bertz CT molecular complexity index is 976. The number of aliphatic hydroxyl groups is 1. The fourth-order valence-corrected chi connectivity index (χ4v) is 6.51. The highest BCUT2D eigenvalue weighted by molar-refractivity contribution is 7.88. The van der Waals surface area contributed by atoms with Gasteiger partial charge in [-0.15, -0.1) is 0 Å². The molecule has 1 aliphatic carbocycles. The van der Waals surface area contributed by atoms with Gasteiger partial charge in [0, 0.05) is 24.6 Å². The molecule has 1 aromatic carbocycles. The number of sulfonamides is 1. The van der Waals surface area contributed by atoms with Gasteiger partial charge in [-0.3, -0.25) is 0 Å². The summed E-state index contributed by atoms with van der Waals surface area (Å²) in [6.07, 6.45) is 8.02. The minimum atomic E-state index is -3.15. The third kappa shape index (κ3) is 2.52. The van der Waals surface area contributed by atoms with Crippen LogP contribution in [-0.2, 0) is 10.0 Å². The average molecular weight is 388 g/mol. The van der Waals surface area contributed by atoms with E-state index in [1.165, 1.54) is 17.4 Å². The molecule has 7 heteroatoms. The molecule has 3 aliphatic rings. The quantitative estimate of drug-likeness (QED) is 0.858. The van der Waals surface area contributed by atoms with Gasteiger partial charge in [0.2, 0.25) is 10.0 Å². The van der Waals surface area contributed by atoms with Crippen LogP contribution >= 0.6 is 0 Å². The Kier molecular flexibility index (Phi) is 3.80. The zero-order chi connectivity index (χ0) is 18.8. The molecule has 1 saturated carbocycles. The zero-order valence-corrected chi connectivity index (χ0v) is 16.3. The smallest absolute Gasteiger partial charge is 0.211 e. The Labute approximate surface area is 159 Å². The number of hydrogen-bond acceptors (Lipinski definition) is 4. The van der Waals surface area contributed by atoms with Crippen molar-refractivity contribution in [3.05, 3.63) is 42.4 Å². The number of aromatic nitrogens is 2. The summed E-state index contributed by atoms with van der Waals surface area (Å²) in [6.45, 7) is 1.03. The van der Waals surface area contributed by atoms with E-state index in [4.69, 9.17) is 0 Å². The number of nitrogens with zero attached hydrogens (tertiary/aromatic N) is 3. The van der Waals surface area contributed by atoms with E-state index in [1.807, 2.05) is 18.6 Å². The van der Waals surface area contributed by atoms with Gasteiger partial charge < -0.3 is 9.67 Å². The van der Waals surface area contributed by atoms with Crippen LogP contribution in [-0.4, -0.2) is 52.8 Å². The van der Waals surface area contributed by atoms with E-state index in [0.29, 0.717) is 13.1 Å². The molecule has 0 radical (unpaired) electrons. The van der Waals surface area contributed by atoms with Gasteiger partial charge in [-0.1, -0.05) is 24.3 Å². The number of fused-ring (bicyclic) bond motifs is 3. The van der Waals surface area contributed by atoms with Crippen molar-refractivity contribution in [3.63, 3.8) is 0 Å². The van der Waals surface area contributed by atoms with Crippen molar-refractivity contribution < 1.29 is 13.5 Å². The van der Waals surface area contributed by atoms with E-state index in [9.17, 15) is 13.5 Å². The third-order valence-electron chi connectivity index (χ3n) is 7.12. The first-order chi connectivity index (χ1) is 12.9. The predicted molar refractivity (Wildman–Crippen MR) is 103 cm³/mol. The summed E-state index contributed by atoms with van der Waals surface area (Å²) < 4.78 is 27.4. The van der Waals surface area contributed by atoms with Crippen molar-refractivity contribution >= 4 is 10.0 Å². The van der Waals surface area contributed by atoms with E-state index < -0.39 is 16.1 Å². The summed E-state index contributed by atoms with van der Waals surface area (Å²) in [6, 6.07) is 8.52. The zero-order valence-electron chi connectivity index (χ0n) is 15.5. The van der Waals surface area contributed by atoms with Crippen LogP contribution in [0.5, 0.6) is 0 Å². The summed E-state index contributed by atoms with van der Waals surface area (Å²) >= 11 is 0. The van der Waals surface area contributed by atoms with Gasteiger partial charge in [-0.05, 0) is 36.7 Å². The minimum Gasteiger partial charge on any atom is -0.392 e. The van der Waals surface area contributed by atoms with E-state index in [0.717, 1.165) is 31.4 Å². The van der Waals surface area contributed by atoms with Crippen molar-refractivity contribution in [1.29, 1.82) is 0 Å². The summed E-state index contributed by atoms with van der Waals surface area (Å²) in [4.78, 5) is 4.34. The number of rotatable bonds is 2. The van der Waals surface area contributed by atoms with Crippen molar-refractivity contribution in [3.8, 4) is 11.3 Å². The van der Waals surface area contributed by atoms with Crippen LogP contribution in [0.3, 0.4) is 0 Å². The van der Waals surface area contributed by atoms with E-state index in [1.54, 1.807) is 4.31 Å². The molecule has 2 aliphatic heterocycles. The molecular formula is C20H25N3O3S. The fourth-order valence-electron chi connectivity index (χ4n) is 5.66. The lowest BCUT2D eigenvalue weighted by molar-refractivity contribution is -0.0145. The lowest BCUT2D eigenvalue weighted by Crippen LogP contribution is -2.47. The maximum Gasteiger partial charge on any atom is 0.211 e. The van der Waals surface area contributed by atoms with Gasteiger partial charge in [-0.25, -0.2) is 17.7 Å². The Hall–Kier alpha value is -1.70. The van der Waals surface area contributed by atoms with Crippen LogP contribution in [0.25, 0.3) is 11.3 Å². The molecule has 1 spiro atoms. The highest BCUT2D eigenvalue weighted by Gasteiger charge is 2.53. The normalized spacial score (nSPS) is 29.8. The molecule has 3 heterocycles. The Morgan fingerprint density at radius 1 is 1.19 bits per heavy atom. The van der Waals surface area contributed by atoms with Crippen LogP contribution < -0.4 is 0 Å². The molecule has 144 valence electrons. The second-order valence-corrected chi connectivity index (χ2v) is 10.4. The molecule has 1 N–H and O–H groups in total. The largest absolute Gasteiger partial charge is 0.392 e. The molecule has 27 heavy (non-hydrogen) atoms. The molecular weight excluding hydrogens is 362 g/mol. The molecule has 3 unspecified atom stereocenters. The van der Waals surface area contributed by atoms with Crippen LogP contribution in [0.4, 0.5) is 0 Å². The summed E-state index contributed by atoms with van der Waals surface area (Å²) in [5, 5.41) is 11.4. The standard InChI is InChI=1S/C20H25N3O3S/c1-27(25,26)22-10-8-20(9-11-22)7-6-16(19(20)24)18-15-5-3-2-4-14(15)17-12-21-13-23(17)18/h2-5,12-13,16,18-19,24H,6-11H2,1H3. The Morgan fingerprint density at radius 2 is 1.93 bits per heavy atom. The van der Waals surface area contributed by atoms with Gasteiger partial charge in [0.25, 0.3) is 0 Å². The molecule has 6 nitrogen and oxygen atoms in total. The molecule has 5 rings (SSSR count). The van der Waals surface area contributed by atoms with Gasteiger partial charge in [0.05, 0.1) is 36.6 Å². The highest BCUT2D eigenvalue weighted by Crippen LogP contribution is 2.55. The number of benzene rings is 1. The molecule has 0 bridgehead atoms. The first-order valence-corrected chi connectivity index (χ1v) is 11.5. The second kappa shape index (κ2) is 5.90. The molecule has 1 saturated heterocycles. The highest BCUT2D eigenvalue weighted by atomic mass is 32.2. The molecule has 0 amide bonds. The number of piperidine rings is 1. The second-order valence-electron chi connectivity index (χ2n) is 8.39. The van der Waals surface area contributed by atoms with Crippen molar-refractivity contribution in [2.45, 2.75) is 37.8 Å². The van der Waals surface area contributed by atoms with E-state index in [-0.39, 0.29) is 17.4 Å². The summed E-state index contributed by atoms with van der Waals surface area (Å²) in [5.41, 5.74) is 3.43. The number of hydrogen-bond donors (Lipinski definition) is 1. The number of aliphatic hydroxyl groups excluding tert-OH is 1. The maximum atomic E-state index is 11.8. The molecule has 2 aromatic rings. The lowest BCUT2D eigenvalue weighted by atomic mass is 9.73. The van der Waals surface area contributed by atoms with E-state index >= 15 is 0 Å². The van der Waals surface area contributed by atoms with Crippen LogP contribution in [0.2, 0.25) is 0 Å². The third-order valence-corrected chi connectivity index (χ3v) is 8.43. The van der Waals surface area contributed by atoms with Crippen LogP contribution in [0.15, 0.2) is 36.8 Å². The van der Waals surface area contributed by atoms with Crippen molar-refractivity contribution in [1.82, 2.24) is 13.9 Å². The lowest BCUT2D eigenvalue weighted by Gasteiger charge is -2.42. The topological polar surface area (TPSA) is 75.4 Å². The summed E-state index contributed by atoms with van der Waals surface area (Å²) in [7, 11) is -3.15. The van der Waals surface area contributed by atoms with Gasteiger partial charge in [0.1, 0.15) is 0 Å². The van der Waals surface area contributed by atoms with Crippen molar-refractivity contribution in [2.75, 3.05) is 19.3 Å². The first-order valence-electron chi connectivity index (χ1n) is 9.65. The molecule has 3 atom stereocenters. The predicted octanol–water partition coefficient (Wildman–Crippen LogP) is 2.27. The van der Waals surface area contributed by atoms with Gasteiger partial charge in [-0.2, -0.15) is 0 Å². The number of imidazole rings is 1. The summed E-state index contributed by atoms with van der Waals surface area (Å²) in [5.74, 6) is 0.131. The SMILES string of the molecule is CS(=O)(=O)N1CCC2(CCC(C3c4ccccc4-c4cncn43)C2O)CC1. The van der Waals surface area contributed by atoms with Crippen LogP contribution in [0, 0.1) is 11.3 Å². The van der Waals surface area contributed by atoms with Crippen molar-refractivity contribution in [2.24, 2.45) is 11.3 Å². The average Bonchev–Trinajstić information content (AvgIpc) is 3.30. The Balaban J connectivity index is 1.44. The first kappa shape index (κ1) is 17.4. The minimum absolute atomic E-state index is 0.112. The maximum absolute atomic E-state index is 11.8. The molecule has 1 aromatic heterocycles.